The molecule has 1 fully saturated rings. The second kappa shape index (κ2) is 8.74. The maximum Gasteiger partial charge on any atom is 0.225 e. The Bertz CT molecular complexity index is 1020. The molecular formula is C21H24N6O2S. The van der Waals surface area contributed by atoms with Crippen molar-refractivity contribution in [2.45, 2.75) is 32.9 Å². The molecule has 4 heterocycles. The third kappa shape index (κ3) is 4.11. The molecule has 0 saturated carbocycles. The quantitative estimate of drug-likeness (QED) is 0.629. The molecule has 0 unspecified atom stereocenters. The van der Waals surface area contributed by atoms with Crippen molar-refractivity contribution in [3.63, 3.8) is 0 Å². The van der Waals surface area contributed by atoms with Gasteiger partial charge in [-0.1, -0.05) is 6.07 Å². The average Bonchev–Trinajstić information content (AvgIpc) is 3.47. The van der Waals surface area contributed by atoms with Crippen LogP contribution in [-0.2, 0) is 16.1 Å². The summed E-state index contributed by atoms with van der Waals surface area (Å²) in [4.78, 5) is 36.0. The third-order valence-electron chi connectivity index (χ3n) is 5.21. The minimum Gasteiger partial charge on any atom is -0.354 e. The molecule has 30 heavy (non-hydrogen) atoms. The monoisotopic (exact) mass is 424 g/mol. The van der Waals surface area contributed by atoms with Crippen molar-refractivity contribution < 1.29 is 9.59 Å². The number of likely N-dealkylation sites (tertiary alicyclic amines) is 1. The van der Waals surface area contributed by atoms with E-state index in [4.69, 9.17) is 0 Å². The van der Waals surface area contributed by atoms with E-state index in [-0.39, 0.29) is 30.2 Å². The Morgan fingerprint density at radius 1 is 1.33 bits per heavy atom. The standard InChI is InChI=1S/C21H24N6O2S/c1-14(2)26-13-15(10-19(26)28)21(29)24-7-8-27-20(18-4-3-9-30-18)16(11-25-27)17-12-22-5-6-23-17/h3-6,9,11-12,14-15H,7-8,10,13H2,1-2H3,(H,24,29)/t15-/m0/s1. The van der Waals surface area contributed by atoms with E-state index in [0.29, 0.717) is 19.6 Å². The van der Waals surface area contributed by atoms with Gasteiger partial charge in [0.25, 0.3) is 0 Å². The third-order valence-corrected chi connectivity index (χ3v) is 6.09. The van der Waals surface area contributed by atoms with E-state index in [1.807, 2.05) is 36.0 Å². The molecule has 8 nitrogen and oxygen atoms in total. The number of hydrogen-bond acceptors (Lipinski definition) is 6. The van der Waals surface area contributed by atoms with Crippen LogP contribution >= 0.6 is 11.3 Å². The molecule has 2 amide bonds. The Kier molecular flexibility index (Phi) is 5.89. The number of amides is 2. The summed E-state index contributed by atoms with van der Waals surface area (Å²) in [5.74, 6) is -0.319. The molecule has 0 aromatic carbocycles. The highest BCUT2D eigenvalue weighted by Gasteiger charge is 2.35. The zero-order chi connectivity index (χ0) is 21.1. The van der Waals surface area contributed by atoms with E-state index in [1.54, 1.807) is 41.0 Å². The van der Waals surface area contributed by atoms with Crippen LogP contribution in [0.1, 0.15) is 20.3 Å². The van der Waals surface area contributed by atoms with Crippen LogP contribution in [0.25, 0.3) is 21.8 Å². The summed E-state index contributed by atoms with van der Waals surface area (Å²) in [6.07, 6.45) is 7.09. The average molecular weight is 425 g/mol. The molecule has 9 heteroatoms. The Morgan fingerprint density at radius 2 is 2.20 bits per heavy atom. The smallest absolute Gasteiger partial charge is 0.225 e. The molecule has 3 aromatic rings. The lowest BCUT2D eigenvalue weighted by molar-refractivity contribution is -0.129. The van der Waals surface area contributed by atoms with Crippen LogP contribution in [0.4, 0.5) is 0 Å². The number of carbonyl (C=O) groups is 2. The molecule has 0 radical (unpaired) electrons. The van der Waals surface area contributed by atoms with Crippen molar-refractivity contribution in [1.29, 1.82) is 0 Å². The Hall–Kier alpha value is -3.07. The highest BCUT2D eigenvalue weighted by Crippen LogP contribution is 2.33. The molecule has 4 rings (SSSR count). The fraction of sp³-hybridized carbons (Fsp3) is 0.381. The summed E-state index contributed by atoms with van der Waals surface area (Å²) in [6, 6.07) is 4.16. The van der Waals surface area contributed by atoms with Gasteiger partial charge in [-0.15, -0.1) is 11.3 Å². The van der Waals surface area contributed by atoms with Crippen LogP contribution in [0.5, 0.6) is 0 Å². The largest absolute Gasteiger partial charge is 0.354 e. The maximum atomic E-state index is 12.6. The fourth-order valence-electron chi connectivity index (χ4n) is 3.69. The number of hydrogen-bond donors (Lipinski definition) is 1. The minimum absolute atomic E-state index is 0.0471. The van der Waals surface area contributed by atoms with E-state index in [1.165, 1.54) is 0 Å². The second-order valence-electron chi connectivity index (χ2n) is 7.53. The summed E-state index contributed by atoms with van der Waals surface area (Å²) >= 11 is 1.63. The number of thiophene rings is 1. The zero-order valence-corrected chi connectivity index (χ0v) is 17.8. The van der Waals surface area contributed by atoms with Crippen LogP contribution in [0.3, 0.4) is 0 Å². The first-order valence-corrected chi connectivity index (χ1v) is 10.9. The molecule has 156 valence electrons. The summed E-state index contributed by atoms with van der Waals surface area (Å²) in [6.45, 7) is 5.38. The lowest BCUT2D eigenvalue weighted by Crippen LogP contribution is -2.36. The van der Waals surface area contributed by atoms with Gasteiger partial charge in [-0.05, 0) is 25.3 Å². The predicted molar refractivity (Wildman–Crippen MR) is 115 cm³/mol. The minimum atomic E-state index is -0.288. The Balaban J connectivity index is 1.45. The molecule has 1 atom stereocenters. The lowest BCUT2D eigenvalue weighted by atomic mass is 10.1. The van der Waals surface area contributed by atoms with E-state index < -0.39 is 0 Å². The molecule has 1 saturated heterocycles. The van der Waals surface area contributed by atoms with Gasteiger partial charge in [0.15, 0.2) is 0 Å². The van der Waals surface area contributed by atoms with Crippen LogP contribution in [-0.4, -0.2) is 55.6 Å². The predicted octanol–water partition coefficient (Wildman–Crippen LogP) is 2.44. The Morgan fingerprint density at radius 3 is 2.87 bits per heavy atom. The number of aromatic nitrogens is 4. The van der Waals surface area contributed by atoms with E-state index in [2.05, 4.69) is 20.4 Å². The summed E-state index contributed by atoms with van der Waals surface area (Å²) in [7, 11) is 0. The first kappa shape index (κ1) is 20.2. The maximum absolute atomic E-state index is 12.6. The summed E-state index contributed by atoms with van der Waals surface area (Å²) < 4.78 is 1.89. The molecule has 3 aromatic heterocycles. The zero-order valence-electron chi connectivity index (χ0n) is 17.0. The van der Waals surface area contributed by atoms with Gasteiger partial charge in [-0.2, -0.15) is 5.10 Å². The Labute approximate surface area is 179 Å². The van der Waals surface area contributed by atoms with Gasteiger partial charge in [0, 0.05) is 43.5 Å². The molecular weight excluding hydrogens is 400 g/mol. The fourth-order valence-corrected chi connectivity index (χ4v) is 4.48. The van der Waals surface area contributed by atoms with E-state index >= 15 is 0 Å². The van der Waals surface area contributed by atoms with Crippen molar-refractivity contribution in [2.24, 2.45) is 5.92 Å². The van der Waals surface area contributed by atoms with Crippen LogP contribution in [0, 0.1) is 5.92 Å². The van der Waals surface area contributed by atoms with Gasteiger partial charge in [0.2, 0.25) is 11.8 Å². The SMILES string of the molecule is CC(C)N1C[C@@H](C(=O)NCCn2ncc(-c3cnccn3)c2-c2cccs2)CC1=O. The van der Waals surface area contributed by atoms with Crippen molar-refractivity contribution in [1.82, 2.24) is 30.0 Å². The first-order valence-electron chi connectivity index (χ1n) is 9.98. The summed E-state index contributed by atoms with van der Waals surface area (Å²) in [5.41, 5.74) is 2.63. The van der Waals surface area contributed by atoms with Crippen LogP contribution < -0.4 is 5.32 Å². The van der Waals surface area contributed by atoms with Crippen molar-refractivity contribution in [2.75, 3.05) is 13.1 Å². The van der Waals surface area contributed by atoms with Crippen molar-refractivity contribution in [3.05, 3.63) is 42.3 Å². The van der Waals surface area contributed by atoms with Crippen molar-refractivity contribution >= 4 is 23.2 Å². The van der Waals surface area contributed by atoms with Crippen molar-refractivity contribution in [3.8, 4) is 21.8 Å². The first-order chi connectivity index (χ1) is 14.5. The number of rotatable bonds is 7. The van der Waals surface area contributed by atoms with Gasteiger partial charge < -0.3 is 10.2 Å². The van der Waals surface area contributed by atoms with Crippen LogP contribution in [0.2, 0.25) is 0 Å². The summed E-state index contributed by atoms with van der Waals surface area (Å²) in [5, 5.41) is 9.52. The van der Waals surface area contributed by atoms with Gasteiger partial charge in [-0.25, -0.2) is 0 Å². The number of nitrogens with zero attached hydrogens (tertiary/aromatic N) is 5. The normalized spacial score (nSPS) is 16.4. The van der Waals surface area contributed by atoms with E-state index in [9.17, 15) is 9.59 Å². The molecule has 0 bridgehead atoms. The topological polar surface area (TPSA) is 93.0 Å². The number of nitrogens with one attached hydrogen (secondary N) is 1. The molecule has 1 aliphatic rings. The second-order valence-corrected chi connectivity index (χ2v) is 8.48. The van der Waals surface area contributed by atoms with Gasteiger partial charge in [0.05, 0.1) is 41.1 Å². The molecule has 0 aliphatic carbocycles. The van der Waals surface area contributed by atoms with Gasteiger partial charge >= 0.3 is 0 Å². The van der Waals surface area contributed by atoms with Crippen LogP contribution in [0.15, 0.2) is 42.3 Å². The van der Waals surface area contributed by atoms with Gasteiger partial charge in [-0.3, -0.25) is 24.2 Å². The molecule has 0 spiro atoms. The highest BCUT2D eigenvalue weighted by molar-refractivity contribution is 7.13. The lowest BCUT2D eigenvalue weighted by Gasteiger charge is -2.20. The van der Waals surface area contributed by atoms with Gasteiger partial charge in [0.1, 0.15) is 0 Å². The molecule has 1 aliphatic heterocycles. The van der Waals surface area contributed by atoms with E-state index in [0.717, 1.165) is 21.8 Å². The molecule has 1 N–H and O–H groups in total. The highest BCUT2D eigenvalue weighted by atomic mass is 32.1. The number of carbonyl (C=O) groups excluding carboxylic acids is 2.